The van der Waals surface area contributed by atoms with Gasteiger partial charge < -0.3 is 10.1 Å². The molecule has 7 heteroatoms. The SMILES string of the molecule is CCc1ccccc1NC(=O)CSc1nnc(COc2ccccc2)n1Cc1ccccc1. The van der Waals surface area contributed by atoms with Gasteiger partial charge in [-0.25, -0.2) is 0 Å². The number of hydrogen-bond donors (Lipinski definition) is 1. The molecule has 0 spiro atoms. The van der Waals surface area contributed by atoms with Crippen molar-refractivity contribution in [2.24, 2.45) is 0 Å². The van der Waals surface area contributed by atoms with Crippen LogP contribution >= 0.6 is 11.8 Å². The highest BCUT2D eigenvalue weighted by Crippen LogP contribution is 2.22. The molecule has 0 fully saturated rings. The van der Waals surface area contributed by atoms with Gasteiger partial charge in [0.25, 0.3) is 0 Å². The van der Waals surface area contributed by atoms with E-state index in [0.717, 1.165) is 29.0 Å². The quantitative estimate of drug-likeness (QED) is 0.331. The van der Waals surface area contributed by atoms with Crippen LogP contribution in [0.3, 0.4) is 0 Å². The van der Waals surface area contributed by atoms with Gasteiger partial charge in [-0.15, -0.1) is 10.2 Å². The van der Waals surface area contributed by atoms with Crippen LogP contribution in [0.1, 0.15) is 23.9 Å². The normalized spacial score (nSPS) is 10.7. The Labute approximate surface area is 198 Å². The molecule has 33 heavy (non-hydrogen) atoms. The summed E-state index contributed by atoms with van der Waals surface area (Å²) >= 11 is 1.37. The van der Waals surface area contributed by atoms with Gasteiger partial charge in [-0.2, -0.15) is 0 Å². The minimum Gasteiger partial charge on any atom is -0.486 e. The van der Waals surface area contributed by atoms with Crippen molar-refractivity contribution < 1.29 is 9.53 Å². The number of nitrogens with one attached hydrogen (secondary N) is 1. The number of rotatable bonds is 10. The van der Waals surface area contributed by atoms with Crippen LogP contribution in [0.4, 0.5) is 5.69 Å². The zero-order valence-corrected chi connectivity index (χ0v) is 19.3. The van der Waals surface area contributed by atoms with Gasteiger partial charge in [-0.3, -0.25) is 9.36 Å². The molecule has 168 valence electrons. The summed E-state index contributed by atoms with van der Waals surface area (Å²) in [6.07, 6.45) is 0.861. The van der Waals surface area contributed by atoms with E-state index in [-0.39, 0.29) is 11.7 Å². The van der Waals surface area contributed by atoms with E-state index in [4.69, 9.17) is 4.74 Å². The van der Waals surface area contributed by atoms with Crippen molar-refractivity contribution in [2.75, 3.05) is 11.1 Å². The third-order valence-corrected chi connectivity index (χ3v) is 6.06. The first-order chi connectivity index (χ1) is 16.2. The van der Waals surface area contributed by atoms with Crippen LogP contribution in [0.2, 0.25) is 0 Å². The van der Waals surface area contributed by atoms with E-state index in [9.17, 15) is 4.79 Å². The number of nitrogens with zero attached hydrogens (tertiary/aromatic N) is 3. The van der Waals surface area contributed by atoms with Crippen LogP contribution in [0.15, 0.2) is 90.1 Å². The Morgan fingerprint density at radius 3 is 2.39 bits per heavy atom. The van der Waals surface area contributed by atoms with E-state index in [2.05, 4.69) is 34.6 Å². The number of hydrogen-bond acceptors (Lipinski definition) is 5. The molecule has 1 N–H and O–H groups in total. The number of para-hydroxylation sites is 2. The van der Waals surface area contributed by atoms with Crippen molar-refractivity contribution in [3.05, 3.63) is 102 Å². The molecular formula is C26H26N4O2S. The molecule has 4 rings (SSSR count). The largest absolute Gasteiger partial charge is 0.486 e. The van der Waals surface area contributed by atoms with Gasteiger partial charge in [0.15, 0.2) is 11.0 Å². The summed E-state index contributed by atoms with van der Waals surface area (Å²) in [7, 11) is 0. The van der Waals surface area contributed by atoms with Gasteiger partial charge in [-0.1, -0.05) is 85.4 Å². The molecule has 6 nitrogen and oxygen atoms in total. The molecule has 3 aromatic carbocycles. The second-order valence-electron chi connectivity index (χ2n) is 7.42. The van der Waals surface area contributed by atoms with Gasteiger partial charge >= 0.3 is 0 Å². The minimum atomic E-state index is -0.0720. The zero-order chi connectivity index (χ0) is 22.9. The van der Waals surface area contributed by atoms with E-state index in [1.165, 1.54) is 11.8 Å². The molecular weight excluding hydrogens is 432 g/mol. The average Bonchev–Trinajstić information content (AvgIpc) is 3.24. The third kappa shape index (κ3) is 6.23. The van der Waals surface area contributed by atoms with Crippen molar-refractivity contribution in [3.63, 3.8) is 0 Å². The van der Waals surface area contributed by atoms with E-state index in [0.29, 0.717) is 24.1 Å². The van der Waals surface area contributed by atoms with Crippen molar-refractivity contribution in [1.82, 2.24) is 14.8 Å². The Bertz CT molecular complexity index is 1180. The Morgan fingerprint density at radius 1 is 0.939 bits per heavy atom. The number of ether oxygens (including phenoxy) is 1. The molecule has 4 aromatic rings. The summed E-state index contributed by atoms with van der Waals surface area (Å²) in [4.78, 5) is 12.6. The number of thioether (sulfide) groups is 1. The molecule has 0 radical (unpaired) electrons. The van der Waals surface area contributed by atoms with Crippen molar-refractivity contribution in [1.29, 1.82) is 0 Å². The number of benzene rings is 3. The topological polar surface area (TPSA) is 69.0 Å². The number of aryl methyl sites for hydroxylation is 1. The maximum Gasteiger partial charge on any atom is 0.234 e. The highest BCUT2D eigenvalue weighted by atomic mass is 32.2. The Hall–Kier alpha value is -3.58. The monoisotopic (exact) mass is 458 g/mol. The van der Waals surface area contributed by atoms with Crippen LogP contribution in [0.25, 0.3) is 0 Å². The van der Waals surface area contributed by atoms with Crippen molar-refractivity contribution in [3.8, 4) is 5.75 Å². The minimum absolute atomic E-state index is 0.0720. The Kier molecular flexibility index (Phi) is 7.76. The van der Waals surface area contributed by atoms with Gasteiger partial charge in [0, 0.05) is 5.69 Å². The average molecular weight is 459 g/mol. The lowest BCUT2D eigenvalue weighted by molar-refractivity contribution is -0.113. The molecule has 0 saturated carbocycles. The summed E-state index contributed by atoms with van der Waals surface area (Å²) in [5, 5.41) is 12.4. The van der Waals surface area contributed by atoms with Gasteiger partial charge in [-0.05, 0) is 35.7 Å². The van der Waals surface area contributed by atoms with Crippen LogP contribution < -0.4 is 10.1 Å². The van der Waals surface area contributed by atoms with E-state index in [1.807, 2.05) is 77.4 Å². The van der Waals surface area contributed by atoms with E-state index < -0.39 is 0 Å². The van der Waals surface area contributed by atoms with Crippen molar-refractivity contribution in [2.45, 2.75) is 31.7 Å². The fraction of sp³-hybridized carbons (Fsp3) is 0.192. The van der Waals surface area contributed by atoms with E-state index >= 15 is 0 Å². The van der Waals surface area contributed by atoms with Crippen molar-refractivity contribution >= 4 is 23.4 Å². The van der Waals surface area contributed by atoms with Crippen LogP contribution in [-0.4, -0.2) is 26.4 Å². The maximum atomic E-state index is 12.6. The predicted molar refractivity (Wildman–Crippen MR) is 132 cm³/mol. The Balaban J connectivity index is 1.46. The number of amides is 1. The lowest BCUT2D eigenvalue weighted by Gasteiger charge is -2.12. The van der Waals surface area contributed by atoms with E-state index in [1.54, 1.807) is 0 Å². The number of carbonyl (C=O) groups is 1. The van der Waals surface area contributed by atoms with Crippen LogP contribution in [0.5, 0.6) is 5.75 Å². The fourth-order valence-electron chi connectivity index (χ4n) is 3.39. The number of anilines is 1. The number of aromatic nitrogens is 3. The first kappa shape index (κ1) is 22.6. The molecule has 1 amide bonds. The second kappa shape index (κ2) is 11.3. The third-order valence-electron chi connectivity index (χ3n) is 5.09. The zero-order valence-electron chi connectivity index (χ0n) is 18.5. The lowest BCUT2D eigenvalue weighted by Crippen LogP contribution is -2.16. The standard InChI is InChI=1S/C26H26N4O2S/c1-2-21-13-9-10-16-23(21)27-25(31)19-33-26-29-28-24(18-32-22-14-7-4-8-15-22)30(26)17-20-11-5-3-6-12-20/h3-16H,2,17-19H2,1H3,(H,27,31). The molecule has 0 unspecified atom stereocenters. The summed E-state index contributed by atoms with van der Waals surface area (Å²) in [6, 6.07) is 27.6. The summed E-state index contributed by atoms with van der Waals surface area (Å²) in [5.74, 6) is 1.65. The highest BCUT2D eigenvalue weighted by molar-refractivity contribution is 7.99. The highest BCUT2D eigenvalue weighted by Gasteiger charge is 2.16. The smallest absolute Gasteiger partial charge is 0.234 e. The van der Waals surface area contributed by atoms with Crippen LogP contribution in [-0.2, 0) is 24.4 Å². The first-order valence-corrected chi connectivity index (χ1v) is 11.9. The summed E-state index contributed by atoms with van der Waals surface area (Å²) in [5.41, 5.74) is 3.10. The molecule has 1 aromatic heterocycles. The second-order valence-corrected chi connectivity index (χ2v) is 8.36. The maximum absolute atomic E-state index is 12.6. The molecule has 0 aliphatic heterocycles. The molecule has 0 bridgehead atoms. The van der Waals surface area contributed by atoms with Gasteiger partial charge in [0.05, 0.1) is 12.3 Å². The molecule has 0 saturated heterocycles. The fourth-order valence-corrected chi connectivity index (χ4v) is 4.15. The number of carbonyl (C=O) groups excluding carboxylic acids is 1. The Morgan fingerprint density at radius 2 is 1.64 bits per heavy atom. The first-order valence-electron chi connectivity index (χ1n) is 10.9. The van der Waals surface area contributed by atoms with Crippen LogP contribution in [0, 0.1) is 0 Å². The molecule has 1 heterocycles. The molecule has 0 aliphatic carbocycles. The van der Waals surface area contributed by atoms with Gasteiger partial charge in [0.1, 0.15) is 12.4 Å². The summed E-state index contributed by atoms with van der Waals surface area (Å²) in [6.45, 7) is 2.97. The molecule has 0 atom stereocenters. The summed E-state index contributed by atoms with van der Waals surface area (Å²) < 4.78 is 7.91. The molecule has 0 aliphatic rings. The predicted octanol–water partition coefficient (Wildman–Crippen LogP) is 5.20. The lowest BCUT2D eigenvalue weighted by atomic mass is 10.1. The van der Waals surface area contributed by atoms with Gasteiger partial charge in [0.2, 0.25) is 5.91 Å².